The summed E-state index contributed by atoms with van der Waals surface area (Å²) in [6, 6.07) is 12.1. The predicted octanol–water partition coefficient (Wildman–Crippen LogP) is 3.95. The molecule has 0 aromatic heterocycles. The van der Waals surface area contributed by atoms with Gasteiger partial charge in [0.25, 0.3) is 5.91 Å². The Morgan fingerprint density at radius 1 is 1.00 bits per heavy atom. The number of rotatable bonds is 8. The number of methoxy groups -OCH3 is 2. The van der Waals surface area contributed by atoms with Crippen molar-refractivity contribution >= 4 is 29.0 Å². The number of anilines is 3. The van der Waals surface area contributed by atoms with Gasteiger partial charge in [-0.1, -0.05) is 6.92 Å². The molecule has 8 nitrogen and oxygen atoms in total. The number of amides is 3. The van der Waals surface area contributed by atoms with E-state index in [9.17, 15) is 9.59 Å². The lowest BCUT2D eigenvalue weighted by molar-refractivity contribution is 0.0937. The highest BCUT2D eigenvalue weighted by molar-refractivity contribution is 6.04. The summed E-state index contributed by atoms with van der Waals surface area (Å²) in [6.07, 6.45) is 2.18. The van der Waals surface area contributed by atoms with Crippen molar-refractivity contribution in [3.63, 3.8) is 0 Å². The van der Waals surface area contributed by atoms with Crippen molar-refractivity contribution in [1.29, 1.82) is 0 Å². The van der Waals surface area contributed by atoms with Crippen LogP contribution in [0.15, 0.2) is 42.5 Å². The van der Waals surface area contributed by atoms with Crippen LogP contribution in [0, 0.1) is 5.92 Å². The third-order valence-corrected chi connectivity index (χ3v) is 5.56. The Morgan fingerprint density at radius 3 is 2.31 bits per heavy atom. The van der Waals surface area contributed by atoms with E-state index in [1.54, 1.807) is 44.6 Å². The van der Waals surface area contributed by atoms with Gasteiger partial charge >= 0.3 is 6.03 Å². The van der Waals surface area contributed by atoms with Crippen molar-refractivity contribution in [3.8, 4) is 5.75 Å². The van der Waals surface area contributed by atoms with Crippen molar-refractivity contribution in [1.82, 2.24) is 5.32 Å². The molecule has 3 amide bonds. The van der Waals surface area contributed by atoms with Gasteiger partial charge in [-0.2, -0.15) is 0 Å². The van der Waals surface area contributed by atoms with Crippen LogP contribution in [0.1, 0.15) is 30.1 Å². The molecule has 0 aliphatic carbocycles. The average Bonchev–Trinajstić information content (AvgIpc) is 2.80. The van der Waals surface area contributed by atoms with Gasteiger partial charge in [0.2, 0.25) is 0 Å². The summed E-state index contributed by atoms with van der Waals surface area (Å²) >= 11 is 0. The Labute approximate surface area is 189 Å². The highest BCUT2D eigenvalue weighted by atomic mass is 16.5. The molecule has 0 spiro atoms. The topological polar surface area (TPSA) is 91.9 Å². The van der Waals surface area contributed by atoms with Gasteiger partial charge in [-0.15, -0.1) is 0 Å². The number of piperidine rings is 1. The van der Waals surface area contributed by atoms with E-state index in [-0.39, 0.29) is 11.9 Å². The lowest BCUT2D eigenvalue weighted by atomic mass is 9.98. The summed E-state index contributed by atoms with van der Waals surface area (Å²) in [6.45, 7) is 4.92. The first-order valence-corrected chi connectivity index (χ1v) is 10.9. The Balaban J connectivity index is 1.74. The number of ether oxygens (including phenoxy) is 2. The van der Waals surface area contributed by atoms with Crippen molar-refractivity contribution in [2.75, 3.05) is 56.0 Å². The number of hydrogen-bond donors (Lipinski definition) is 3. The fraction of sp³-hybridized carbons (Fsp3) is 0.417. The zero-order valence-electron chi connectivity index (χ0n) is 18.9. The summed E-state index contributed by atoms with van der Waals surface area (Å²) < 4.78 is 10.2. The lowest BCUT2D eigenvalue weighted by Gasteiger charge is -2.33. The van der Waals surface area contributed by atoms with E-state index in [1.807, 2.05) is 12.1 Å². The third kappa shape index (κ3) is 6.37. The fourth-order valence-electron chi connectivity index (χ4n) is 3.65. The van der Waals surface area contributed by atoms with Gasteiger partial charge in [-0.3, -0.25) is 4.79 Å². The van der Waals surface area contributed by atoms with Crippen LogP contribution in [0.3, 0.4) is 0 Å². The van der Waals surface area contributed by atoms with Crippen LogP contribution >= 0.6 is 0 Å². The van der Waals surface area contributed by atoms with Crippen LogP contribution in [-0.4, -0.2) is 52.4 Å². The zero-order valence-corrected chi connectivity index (χ0v) is 18.9. The minimum atomic E-state index is -0.388. The van der Waals surface area contributed by atoms with E-state index in [4.69, 9.17) is 9.47 Å². The third-order valence-electron chi connectivity index (χ3n) is 5.56. The molecule has 3 rings (SSSR count). The SMILES string of the molecule is COCCNC(=O)c1cc(NC(=O)Nc2ccc(OC)cc2)ccc1N1CCC(C)CC1. The smallest absolute Gasteiger partial charge is 0.323 e. The Morgan fingerprint density at radius 2 is 1.66 bits per heavy atom. The molecular weight excluding hydrogens is 408 g/mol. The molecule has 172 valence electrons. The average molecular weight is 441 g/mol. The molecule has 8 heteroatoms. The van der Waals surface area contributed by atoms with Crippen LogP contribution < -0.4 is 25.6 Å². The standard InChI is InChI=1S/C24H32N4O4/c1-17-10-13-28(14-11-17)22-9-6-19(16-21(22)23(29)25-12-15-31-2)27-24(30)26-18-4-7-20(32-3)8-5-18/h4-9,16-17H,10-15H2,1-3H3,(H,25,29)(H2,26,27,30). The van der Waals surface area contributed by atoms with Crippen molar-refractivity contribution in [2.45, 2.75) is 19.8 Å². The second-order valence-electron chi connectivity index (χ2n) is 7.96. The maximum Gasteiger partial charge on any atom is 0.323 e. The Hall–Kier alpha value is -3.26. The van der Waals surface area contributed by atoms with Gasteiger partial charge in [0, 0.05) is 43.8 Å². The predicted molar refractivity (Wildman–Crippen MR) is 127 cm³/mol. The van der Waals surface area contributed by atoms with E-state index >= 15 is 0 Å². The van der Waals surface area contributed by atoms with E-state index in [0.29, 0.717) is 41.8 Å². The Kier molecular flexibility index (Phi) is 8.33. The van der Waals surface area contributed by atoms with Gasteiger partial charge in [0.1, 0.15) is 5.75 Å². The van der Waals surface area contributed by atoms with Crippen LogP contribution in [0.4, 0.5) is 21.9 Å². The number of urea groups is 1. The largest absolute Gasteiger partial charge is 0.497 e. The monoisotopic (exact) mass is 440 g/mol. The quantitative estimate of drug-likeness (QED) is 0.541. The summed E-state index contributed by atoms with van der Waals surface area (Å²) in [5, 5.41) is 8.48. The first-order chi connectivity index (χ1) is 15.5. The molecule has 2 aromatic carbocycles. The van der Waals surface area contributed by atoms with Crippen molar-refractivity contribution < 1.29 is 19.1 Å². The first kappa shape index (κ1) is 23.4. The highest BCUT2D eigenvalue weighted by Crippen LogP contribution is 2.29. The van der Waals surface area contributed by atoms with Crippen LogP contribution in [0.2, 0.25) is 0 Å². The van der Waals surface area contributed by atoms with E-state index < -0.39 is 0 Å². The molecule has 1 aliphatic heterocycles. The second-order valence-corrected chi connectivity index (χ2v) is 7.96. The molecule has 1 saturated heterocycles. The summed E-state index contributed by atoms with van der Waals surface area (Å²) in [5.74, 6) is 1.21. The molecule has 3 N–H and O–H groups in total. The van der Waals surface area contributed by atoms with Crippen LogP contribution in [0.25, 0.3) is 0 Å². The maximum atomic E-state index is 12.9. The molecule has 32 heavy (non-hydrogen) atoms. The molecular formula is C24H32N4O4. The van der Waals surface area contributed by atoms with Gasteiger partial charge in [-0.25, -0.2) is 4.79 Å². The number of carbonyl (C=O) groups excluding carboxylic acids is 2. The number of carbonyl (C=O) groups is 2. The molecule has 0 unspecified atom stereocenters. The first-order valence-electron chi connectivity index (χ1n) is 10.9. The number of benzene rings is 2. The number of nitrogens with zero attached hydrogens (tertiary/aromatic N) is 1. The fourth-order valence-corrected chi connectivity index (χ4v) is 3.65. The van der Waals surface area contributed by atoms with Gasteiger partial charge in [0.15, 0.2) is 0 Å². The zero-order chi connectivity index (χ0) is 22.9. The molecule has 0 radical (unpaired) electrons. The second kappa shape index (κ2) is 11.4. The van der Waals surface area contributed by atoms with E-state index in [0.717, 1.165) is 31.6 Å². The molecule has 0 atom stereocenters. The van der Waals surface area contributed by atoms with Gasteiger partial charge in [-0.05, 0) is 61.2 Å². The van der Waals surface area contributed by atoms with Crippen LogP contribution in [0.5, 0.6) is 5.75 Å². The molecule has 2 aromatic rings. The summed E-state index contributed by atoms with van der Waals surface area (Å²) in [5.41, 5.74) is 2.60. The highest BCUT2D eigenvalue weighted by Gasteiger charge is 2.22. The number of nitrogens with one attached hydrogen (secondary N) is 3. The molecule has 1 fully saturated rings. The van der Waals surface area contributed by atoms with Gasteiger partial charge in [0.05, 0.1) is 19.3 Å². The van der Waals surface area contributed by atoms with Gasteiger partial charge < -0.3 is 30.3 Å². The van der Waals surface area contributed by atoms with E-state index in [2.05, 4.69) is 27.8 Å². The molecule has 1 aliphatic rings. The lowest BCUT2D eigenvalue weighted by Crippen LogP contribution is -2.35. The van der Waals surface area contributed by atoms with Crippen molar-refractivity contribution in [3.05, 3.63) is 48.0 Å². The molecule has 1 heterocycles. The molecule has 0 saturated carbocycles. The minimum Gasteiger partial charge on any atom is -0.497 e. The maximum absolute atomic E-state index is 12.9. The van der Waals surface area contributed by atoms with E-state index in [1.165, 1.54) is 0 Å². The summed E-state index contributed by atoms with van der Waals surface area (Å²) in [7, 11) is 3.19. The van der Waals surface area contributed by atoms with Crippen molar-refractivity contribution in [2.24, 2.45) is 5.92 Å². The minimum absolute atomic E-state index is 0.185. The Bertz CT molecular complexity index is 909. The number of hydrogen-bond acceptors (Lipinski definition) is 5. The summed E-state index contributed by atoms with van der Waals surface area (Å²) in [4.78, 5) is 27.6. The normalized spacial score (nSPS) is 14.0. The van der Waals surface area contributed by atoms with Crippen LogP contribution in [-0.2, 0) is 4.74 Å². The molecule has 0 bridgehead atoms.